The van der Waals surface area contributed by atoms with Crippen LogP contribution in [0.25, 0.3) is 106 Å². The molecule has 0 N–H and O–H groups in total. The molecule has 0 spiro atoms. The van der Waals surface area contributed by atoms with Crippen LogP contribution >= 0.6 is 45.3 Å². The zero-order valence-corrected chi connectivity index (χ0v) is 43.0. The van der Waals surface area contributed by atoms with Crippen molar-refractivity contribution in [2.75, 3.05) is 0 Å². The third kappa shape index (κ3) is 6.99. The summed E-state index contributed by atoms with van der Waals surface area (Å²) in [5, 5.41) is 0. The molecule has 9 aromatic rings. The first-order valence-electron chi connectivity index (χ1n) is 22.8. The first kappa shape index (κ1) is 42.8. The van der Waals surface area contributed by atoms with Crippen LogP contribution in [0.2, 0.25) is 0 Å². The van der Waals surface area contributed by atoms with Gasteiger partial charge in [-0.1, -0.05) is 70.8 Å². The summed E-state index contributed by atoms with van der Waals surface area (Å²) in [6.07, 6.45) is 9.11. The van der Waals surface area contributed by atoms with E-state index in [4.69, 9.17) is 9.97 Å². The first-order valence-corrected chi connectivity index (χ1v) is 26.0. The van der Waals surface area contributed by atoms with Crippen LogP contribution in [0.5, 0.6) is 0 Å². The minimum atomic E-state index is 0.996. The van der Waals surface area contributed by atoms with Gasteiger partial charge in [-0.25, -0.2) is 9.97 Å². The fourth-order valence-electron chi connectivity index (χ4n) is 11.3. The molecule has 10 bridgehead atoms. The molecule has 7 heterocycles. The SMILES string of the molecule is Cc1cc(C)c(-c2c3nc(c(-c4c(C)cc(C)cc4C)c4cc5sc6cc(sc6c5s4)c(-c4c(C)cc(C)cc4C)c4nc(c(-c5c(C)cc(C)cc5C)c5ccc2s5)C=C4)C=C3)c(C)c1. The molecule has 0 amide bonds. The molecule has 0 unspecified atom stereocenters. The van der Waals surface area contributed by atoms with E-state index in [1.807, 2.05) is 45.3 Å². The summed E-state index contributed by atoms with van der Waals surface area (Å²) in [7, 11) is 0. The molecular formula is C60H52N2S4. The number of benzene rings is 4. The maximum Gasteiger partial charge on any atom is 0.0730 e. The zero-order chi connectivity index (χ0) is 46.0. The highest BCUT2D eigenvalue weighted by Gasteiger charge is 2.24. The maximum absolute atomic E-state index is 5.74. The van der Waals surface area contributed by atoms with E-state index >= 15 is 0 Å². The van der Waals surface area contributed by atoms with E-state index in [9.17, 15) is 0 Å². The van der Waals surface area contributed by atoms with E-state index in [2.05, 4.69) is 180 Å². The molecule has 0 saturated carbocycles. The third-order valence-corrected chi connectivity index (χ3v) is 18.4. The summed E-state index contributed by atoms with van der Waals surface area (Å²) in [5.74, 6) is 0. The predicted octanol–water partition coefficient (Wildman–Crippen LogP) is 18.9. The number of aromatic nitrogens is 2. The summed E-state index contributed by atoms with van der Waals surface area (Å²) in [4.78, 5) is 11.5. The van der Waals surface area contributed by atoms with Crippen LogP contribution in [0.1, 0.15) is 89.5 Å². The minimum Gasteiger partial charge on any atom is -0.248 e. The van der Waals surface area contributed by atoms with Crippen molar-refractivity contribution < 1.29 is 0 Å². The predicted molar refractivity (Wildman–Crippen MR) is 295 cm³/mol. The summed E-state index contributed by atoms with van der Waals surface area (Å²) >= 11 is 7.61. The Hall–Kier alpha value is -5.76. The molecule has 0 fully saturated rings. The average molecular weight is 929 g/mol. The summed E-state index contributed by atoms with van der Waals surface area (Å²) in [5.41, 5.74) is 29.1. The molecule has 0 aliphatic carbocycles. The topological polar surface area (TPSA) is 25.8 Å². The lowest BCUT2D eigenvalue weighted by Gasteiger charge is -2.14. The monoisotopic (exact) mass is 928 g/mol. The van der Waals surface area contributed by atoms with Crippen molar-refractivity contribution in [2.24, 2.45) is 0 Å². The number of thiophene rings is 4. The molecular weight excluding hydrogens is 877 g/mol. The Kier molecular flexibility index (Phi) is 10.4. The van der Waals surface area contributed by atoms with Gasteiger partial charge in [-0.3, -0.25) is 0 Å². The van der Waals surface area contributed by atoms with Crippen LogP contribution in [0.3, 0.4) is 0 Å². The molecule has 4 aromatic carbocycles. The molecule has 5 aromatic heterocycles. The Morgan fingerprint density at radius 3 is 0.773 bits per heavy atom. The first-order chi connectivity index (χ1) is 31.6. The summed E-state index contributed by atoms with van der Waals surface area (Å²) in [6.45, 7) is 26.9. The van der Waals surface area contributed by atoms with E-state index in [1.54, 1.807) is 0 Å². The van der Waals surface area contributed by atoms with Crippen LogP contribution in [0, 0.1) is 83.1 Å². The van der Waals surface area contributed by atoms with Crippen molar-refractivity contribution in [1.82, 2.24) is 9.97 Å². The standard InChI is InChI=1S/C60H52N2S4/c1-29-19-33(5)51(34(6)20-29)55-41-13-15-43(61-41)57(53-37(9)23-31(3)24-38(53)10)47-27-49-59(65-47)60-50(64-49)28-48(66-60)58(54-39(11)25-32(4)26-40(54)12)44-16-14-42(62-44)56(46-18-17-45(55)63-46)52-35(7)21-30(2)22-36(52)8/h13-28H,1-12H3. The molecule has 2 aliphatic rings. The van der Waals surface area contributed by atoms with Crippen LogP contribution in [-0.4, -0.2) is 9.97 Å². The second kappa shape index (κ2) is 16.0. The minimum absolute atomic E-state index is 0.996. The normalized spacial score (nSPS) is 12.4. The molecule has 0 saturated heterocycles. The highest BCUT2D eigenvalue weighted by Crippen LogP contribution is 2.51. The van der Waals surface area contributed by atoms with E-state index in [0.717, 1.165) is 22.8 Å². The smallest absolute Gasteiger partial charge is 0.0730 e. The highest BCUT2D eigenvalue weighted by atomic mass is 32.1. The Balaban J connectivity index is 1.38. The van der Waals surface area contributed by atoms with E-state index in [-0.39, 0.29) is 0 Å². The largest absolute Gasteiger partial charge is 0.248 e. The van der Waals surface area contributed by atoms with Crippen LogP contribution < -0.4 is 0 Å². The third-order valence-electron chi connectivity index (χ3n) is 13.4. The van der Waals surface area contributed by atoms with Gasteiger partial charge < -0.3 is 0 Å². The number of hydrogen-bond donors (Lipinski definition) is 0. The average Bonchev–Trinajstić information content (AvgIpc) is 4.09. The van der Waals surface area contributed by atoms with Crippen molar-refractivity contribution >= 4 is 107 Å². The second-order valence-corrected chi connectivity index (χ2v) is 23.2. The van der Waals surface area contributed by atoms with Crippen molar-refractivity contribution in [1.29, 1.82) is 0 Å². The van der Waals surface area contributed by atoms with E-state index < -0.39 is 0 Å². The zero-order valence-electron chi connectivity index (χ0n) is 39.8. The van der Waals surface area contributed by atoms with E-state index in [0.29, 0.717) is 0 Å². The molecule has 2 aliphatic heterocycles. The number of aryl methyl sites for hydroxylation is 12. The molecule has 0 atom stereocenters. The van der Waals surface area contributed by atoms with Crippen LogP contribution in [-0.2, 0) is 0 Å². The quantitative estimate of drug-likeness (QED) is 0.176. The maximum atomic E-state index is 5.74. The molecule has 11 rings (SSSR count). The molecule has 2 nitrogen and oxygen atoms in total. The Bertz CT molecular complexity index is 3500. The van der Waals surface area contributed by atoms with Gasteiger partial charge in [-0.2, -0.15) is 0 Å². The van der Waals surface area contributed by atoms with Gasteiger partial charge in [0.1, 0.15) is 0 Å². The fourth-order valence-corrected chi connectivity index (χ4v) is 16.5. The number of nitrogens with zero attached hydrogens (tertiary/aromatic N) is 2. The lowest BCUT2D eigenvalue weighted by atomic mass is 9.93. The Labute approximate surface area is 404 Å². The highest BCUT2D eigenvalue weighted by molar-refractivity contribution is 7.41. The van der Waals surface area contributed by atoms with Crippen molar-refractivity contribution in [2.45, 2.75) is 83.1 Å². The van der Waals surface area contributed by atoms with Gasteiger partial charge in [-0.15, -0.1) is 45.3 Å². The van der Waals surface area contributed by atoms with Crippen molar-refractivity contribution in [3.8, 4) is 44.5 Å². The lowest BCUT2D eigenvalue weighted by Crippen LogP contribution is -1.94. The summed E-state index contributed by atoms with van der Waals surface area (Å²) in [6, 6.07) is 28.2. The van der Waals surface area contributed by atoms with Crippen molar-refractivity contribution in [3.63, 3.8) is 0 Å². The van der Waals surface area contributed by atoms with Crippen LogP contribution in [0.4, 0.5) is 0 Å². The van der Waals surface area contributed by atoms with Crippen LogP contribution in [0.15, 0.2) is 72.8 Å². The number of rotatable bonds is 4. The summed E-state index contributed by atoms with van der Waals surface area (Å²) < 4.78 is 10.3. The van der Waals surface area contributed by atoms with Crippen molar-refractivity contribution in [3.05, 3.63) is 162 Å². The molecule has 6 heteroatoms. The van der Waals surface area contributed by atoms with Gasteiger partial charge >= 0.3 is 0 Å². The Morgan fingerprint density at radius 2 is 0.500 bits per heavy atom. The molecule has 66 heavy (non-hydrogen) atoms. The number of hydrogen-bond acceptors (Lipinski definition) is 6. The molecule has 0 radical (unpaired) electrons. The van der Waals surface area contributed by atoms with Gasteiger partial charge in [0.25, 0.3) is 0 Å². The second-order valence-electron chi connectivity index (χ2n) is 18.9. The van der Waals surface area contributed by atoms with Gasteiger partial charge in [-0.05, 0) is 198 Å². The number of fused-ring (bicyclic) bond motifs is 8. The fraction of sp³-hybridized carbons (Fsp3) is 0.200. The van der Waals surface area contributed by atoms with E-state index in [1.165, 1.54) is 149 Å². The van der Waals surface area contributed by atoms with Gasteiger partial charge in [0.15, 0.2) is 0 Å². The van der Waals surface area contributed by atoms with Gasteiger partial charge in [0, 0.05) is 50.5 Å². The van der Waals surface area contributed by atoms with Gasteiger partial charge in [0.05, 0.1) is 32.2 Å². The Morgan fingerprint density at radius 1 is 0.258 bits per heavy atom. The lowest BCUT2D eigenvalue weighted by molar-refractivity contribution is 1.28. The van der Waals surface area contributed by atoms with Gasteiger partial charge in [0.2, 0.25) is 0 Å². The molecule has 326 valence electrons.